The van der Waals surface area contributed by atoms with Crippen molar-refractivity contribution in [2.75, 3.05) is 0 Å². The first-order valence-corrected chi connectivity index (χ1v) is 6.89. The maximum absolute atomic E-state index is 9.26. The molecule has 3 N–H and O–H groups in total. The summed E-state index contributed by atoms with van der Waals surface area (Å²) >= 11 is 0. The number of phenols is 1. The Morgan fingerprint density at radius 2 is 1.71 bits per heavy atom. The normalized spacial score (nSPS) is 10.7. The van der Waals surface area contributed by atoms with Crippen molar-refractivity contribution >= 4 is 0 Å². The molecule has 0 atom stereocenters. The number of nitrogens with zero attached hydrogens (tertiary/aromatic N) is 1. The van der Waals surface area contributed by atoms with Crippen LogP contribution in [0.5, 0.6) is 5.75 Å². The quantitative estimate of drug-likeness (QED) is 0.672. The van der Waals surface area contributed by atoms with Crippen molar-refractivity contribution in [3.05, 3.63) is 71.9 Å². The SMILES string of the molecule is Oc1ccc(CNCc2cn[nH]c2-c2ccccc2)cc1. The van der Waals surface area contributed by atoms with E-state index in [2.05, 4.69) is 27.6 Å². The van der Waals surface area contributed by atoms with Crippen molar-refractivity contribution < 1.29 is 5.11 Å². The average molecular weight is 279 g/mol. The maximum atomic E-state index is 9.26. The van der Waals surface area contributed by atoms with E-state index in [0.717, 1.165) is 35.5 Å². The van der Waals surface area contributed by atoms with E-state index in [1.807, 2.05) is 36.5 Å². The summed E-state index contributed by atoms with van der Waals surface area (Å²) in [6.45, 7) is 1.49. The van der Waals surface area contributed by atoms with Crippen LogP contribution in [0.15, 0.2) is 60.8 Å². The lowest BCUT2D eigenvalue weighted by molar-refractivity contribution is 0.475. The standard InChI is InChI=1S/C17H17N3O/c21-16-8-6-13(7-9-16)10-18-11-15-12-19-20-17(15)14-4-2-1-3-5-14/h1-9,12,18,21H,10-11H2,(H,19,20). The summed E-state index contributed by atoms with van der Waals surface area (Å²) in [4.78, 5) is 0. The summed E-state index contributed by atoms with van der Waals surface area (Å²) in [6, 6.07) is 17.4. The zero-order valence-corrected chi connectivity index (χ0v) is 11.6. The van der Waals surface area contributed by atoms with Gasteiger partial charge in [-0.25, -0.2) is 0 Å². The molecule has 0 aliphatic carbocycles. The highest BCUT2D eigenvalue weighted by Gasteiger charge is 2.06. The van der Waals surface area contributed by atoms with Crippen molar-refractivity contribution in [2.45, 2.75) is 13.1 Å². The second kappa shape index (κ2) is 6.24. The lowest BCUT2D eigenvalue weighted by Crippen LogP contribution is -2.12. The van der Waals surface area contributed by atoms with Gasteiger partial charge in [0.15, 0.2) is 0 Å². The third-order valence-corrected chi connectivity index (χ3v) is 3.36. The van der Waals surface area contributed by atoms with E-state index in [1.165, 1.54) is 0 Å². The molecule has 4 heteroatoms. The van der Waals surface area contributed by atoms with E-state index in [1.54, 1.807) is 12.1 Å². The molecule has 0 amide bonds. The zero-order chi connectivity index (χ0) is 14.5. The Morgan fingerprint density at radius 3 is 2.48 bits per heavy atom. The number of rotatable bonds is 5. The molecule has 106 valence electrons. The highest BCUT2D eigenvalue weighted by molar-refractivity contribution is 5.62. The van der Waals surface area contributed by atoms with E-state index in [4.69, 9.17) is 0 Å². The van der Waals surface area contributed by atoms with Crippen LogP contribution in [-0.2, 0) is 13.1 Å². The third-order valence-electron chi connectivity index (χ3n) is 3.36. The Labute approximate surface area is 123 Å². The molecule has 3 rings (SSSR count). The van der Waals surface area contributed by atoms with Crippen molar-refractivity contribution in [3.8, 4) is 17.0 Å². The van der Waals surface area contributed by atoms with Gasteiger partial charge in [-0.3, -0.25) is 5.10 Å². The van der Waals surface area contributed by atoms with Gasteiger partial charge in [0.05, 0.1) is 11.9 Å². The van der Waals surface area contributed by atoms with Gasteiger partial charge in [-0.15, -0.1) is 0 Å². The number of nitrogens with one attached hydrogen (secondary N) is 2. The molecule has 0 radical (unpaired) electrons. The molecule has 0 aliphatic rings. The van der Waals surface area contributed by atoms with Crippen LogP contribution >= 0.6 is 0 Å². The van der Waals surface area contributed by atoms with Crippen molar-refractivity contribution in [1.29, 1.82) is 0 Å². The van der Waals surface area contributed by atoms with E-state index in [-0.39, 0.29) is 0 Å². The fraction of sp³-hybridized carbons (Fsp3) is 0.118. The monoisotopic (exact) mass is 279 g/mol. The number of hydrogen-bond donors (Lipinski definition) is 3. The highest BCUT2D eigenvalue weighted by atomic mass is 16.3. The average Bonchev–Trinajstić information content (AvgIpc) is 2.99. The van der Waals surface area contributed by atoms with Crippen LogP contribution in [0.2, 0.25) is 0 Å². The summed E-state index contributed by atoms with van der Waals surface area (Å²) in [5.41, 5.74) is 4.46. The molecule has 0 aliphatic heterocycles. The van der Waals surface area contributed by atoms with Crippen molar-refractivity contribution in [1.82, 2.24) is 15.5 Å². The predicted octanol–water partition coefficient (Wildman–Crippen LogP) is 3.07. The molecule has 3 aromatic rings. The number of aromatic hydroxyl groups is 1. The van der Waals surface area contributed by atoms with Crippen LogP contribution in [0.4, 0.5) is 0 Å². The summed E-state index contributed by atoms with van der Waals surface area (Å²) in [5, 5.41) is 19.8. The fourth-order valence-electron chi connectivity index (χ4n) is 2.26. The van der Waals surface area contributed by atoms with Gasteiger partial charge in [-0.05, 0) is 23.3 Å². The molecule has 0 fully saturated rings. The van der Waals surface area contributed by atoms with E-state index in [0.29, 0.717) is 5.75 Å². The van der Waals surface area contributed by atoms with Crippen LogP contribution < -0.4 is 5.32 Å². The van der Waals surface area contributed by atoms with E-state index < -0.39 is 0 Å². The van der Waals surface area contributed by atoms with E-state index in [9.17, 15) is 5.11 Å². The highest BCUT2D eigenvalue weighted by Crippen LogP contribution is 2.20. The van der Waals surface area contributed by atoms with Gasteiger partial charge in [-0.2, -0.15) is 5.10 Å². The zero-order valence-electron chi connectivity index (χ0n) is 11.6. The summed E-state index contributed by atoms with van der Waals surface area (Å²) in [5.74, 6) is 0.292. The molecule has 4 nitrogen and oxygen atoms in total. The first kappa shape index (κ1) is 13.4. The second-order valence-electron chi connectivity index (χ2n) is 4.91. The minimum absolute atomic E-state index is 0.292. The molecule has 21 heavy (non-hydrogen) atoms. The minimum Gasteiger partial charge on any atom is -0.508 e. The first-order chi connectivity index (χ1) is 10.3. The summed E-state index contributed by atoms with van der Waals surface area (Å²) < 4.78 is 0. The minimum atomic E-state index is 0.292. The molecule has 0 spiro atoms. The molecular weight excluding hydrogens is 262 g/mol. The Bertz CT molecular complexity index is 690. The van der Waals surface area contributed by atoms with Gasteiger partial charge in [0.2, 0.25) is 0 Å². The lowest BCUT2D eigenvalue weighted by atomic mass is 10.1. The van der Waals surface area contributed by atoms with Gasteiger partial charge in [0, 0.05) is 18.7 Å². The maximum Gasteiger partial charge on any atom is 0.115 e. The van der Waals surface area contributed by atoms with Gasteiger partial charge < -0.3 is 10.4 Å². The molecule has 1 heterocycles. The Morgan fingerprint density at radius 1 is 0.952 bits per heavy atom. The Balaban J connectivity index is 1.64. The summed E-state index contributed by atoms with van der Waals surface area (Å²) in [7, 11) is 0. The molecule has 2 aromatic carbocycles. The first-order valence-electron chi connectivity index (χ1n) is 6.89. The van der Waals surface area contributed by atoms with Crippen LogP contribution in [0.3, 0.4) is 0 Å². The number of benzene rings is 2. The fourth-order valence-corrected chi connectivity index (χ4v) is 2.26. The number of aromatic nitrogens is 2. The second-order valence-corrected chi connectivity index (χ2v) is 4.91. The smallest absolute Gasteiger partial charge is 0.115 e. The molecule has 0 saturated carbocycles. The third kappa shape index (κ3) is 3.30. The molecular formula is C17H17N3O. The van der Waals surface area contributed by atoms with E-state index >= 15 is 0 Å². The predicted molar refractivity (Wildman–Crippen MR) is 82.7 cm³/mol. The molecule has 0 bridgehead atoms. The number of H-pyrrole nitrogens is 1. The molecule has 0 unspecified atom stereocenters. The number of aromatic amines is 1. The lowest BCUT2D eigenvalue weighted by Gasteiger charge is -2.06. The Hall–Kier alpha value is -2.59. The van der Waals surface area contributed by atoms with Gasteiger partial charge >= 0.3 is 0 Å². The molecule has 1 aromatic heterocycles. The van der Waals surface area contributed by atoms with Crippen LogP contribution in [-0.4, -0.2) is 15.3 Å². The molecule has 0 saturated heterocycles. The van der Waals surface area contributed by atoms with Crippen molar-refractivity contribution in [2.24, 2.45) is 0 Å². The van der Waals surface area contributed by atoms with Gasteiger partial charge in [-0.1, -0.05) is 42.5 Å². The summed E-state index contributed by atoms with van der Waals surface area (Å²) in [6.07, 6.45) is 1.85. The topological polar surface area (TPSA) is 60.9 Å². The Kier molecular flexibility index (Phi) is 3.98. The van der Waals surface area contributed by atoms with Crippen LogP contribution in [0.1, 0.15) is 11.1 Å². The van der Waals surface area contributed by atoms with Gasteiger partial charge in [0.25, 0.3) is 0 Å². The van der Waals surface area contributed by atoms with Gasteiger partial charge in [0.1, 0.15) is 5.75 Å². The van der Waals surface area contributed by atoms with Crippen LogP contribution in [0.25, 0.3) is 11.3 Å². The largest absolute Gasteiger partial charge is 0.508 e. The van der Waals surface area contributed by atoms with Crippen molar-refractivity contribution in [3.63, 3.8) is 0 Å². The number of phenolic OH excluding ortho intramolecular Hbond substituents is 1. The van der Waals surface area contributed by atoms with Crippen LogP contribution in [0, 0.1) is 0 Å². The number of hydrogen-bond acceptors (Lipinski definition) is 3.